The van der Waals surface area contributed by atoms with Crippen molar-refractivity contribution in [2.45, 2.75) is 13.3 Å². The number of rotatable bonds is 5. The summed E-state index contributed by atoms with van der Waals surface area (Å²) in [4.78, 5) is 17.5. The van der Waals surface area contributed by atoms with Crippen molar-refractivity contribution in [3.63, 3.8) is 0 Å². The van der Waals surface area contributed by atoms with Crippen LogP contribution >= 0.6 is 11.3 Å². The maximum absolute atomic E-state index is 12.6. The minimum atomic E-state index is -0.222. The molecular weight excluding hydrogens is 364 g/mol. The molecule has 0 bridgehead atoms. The molecule has 0 atom stereocenters. The van der Waals surface area contributed by atoms with E-state index in [0.29, 0.717) is 22.0 Å². The Morgan fingerprint density at radius 3 is 2.37 bits per heavy atom. The number of carbonyl (C=O) groups excluding carboxylic acids is 1. The van der Waals surface area contributed by atoms with Gasteiger partial charge in [-0.25, -0.2) is 0 Å². The second kappa shape index (κ2) is 7.84. The van der Waals surface area contributed by atoms with Crippen molar-refractivity contribution in [1.29, 1.82) is 0 Å². The molecule has 7 heteroatoms. The molecule has 0 unspecified atom stereocenters. The topological polar surface area (TPSA) is 62.1 Å². The van der Waals surface area contributed by atoms with Gasteiger partial charge in [-0.2, -0.15) is 4.99 Å². The van der Waals surface area contributed by atoms with Crippen LogP contribution in [-0.4, -0.2) is 31.8 Å². The third-order valence-electron chi connectivity index (χ3n) is 4.31. The first-order chi connectivity index (χ1) is 13.0. The van der Waals surface area contributed by atoms with Crippen molar-refractivity contribution in [3.05, 3.63) is 46.3 Å². The molecule has 0 fully saturated rings. The summed E-state index contributed by atoms with van der Waals surface area (Å²) < 4.78 is 18.9. The summed E-state index contributed by atoms with van der Waals surface area (Å²) in [5, 5.41) is 0. The number of methoxy groups -OCH3 is 3. The molecule has 1 amide bonds. The number of fused-ring (bicyclic) bond motifs is 1. The van der Waals surface area contributed by atoms with E-state index in [1.165, 1.54) is 11.3 Å². The first-order valence-corrected chi connectivity index (χ1v) is 9.21. The summed E-state index contributed by atoms with van der Waals surface area (Å²) in [6, 6.07) is 9.56. The SMILES string of the molecule is COc1ccc(C)cc1CC(=O)N=c1sc2cc(OC)c(OC)cc2n1C. The largest absolute Gasteiger partial charge is 0.496 e. The predicted octanol–water partition coefficient (Wildman–Crippen LogP) is 3.24. The average Bonchev–Trinajstić information content (AvgIpc) is 2.95. The fraction of sp³-hybridized carbons (Fsp3) is 0.300. The van der Waals surface area contributed by atoms with E-state index in [9.17, 15) is 4.79 Å². The average molecular weight is 386 g/mol. The van der Waals surface area contributed by atoms with Crippen LogP contribution in [0.3, 0.4) is 0 Å². The normalized spacial score (nSPS) is 11.7. The van der Waals surface area contributed by atoms with Gasteiger partial charge < -0.3 is 18.8 Å². The van der Waals surface area contributed by atoms with Gasteiger partial charge in [0.25, 0.3) is 5.91 Å². The van der Waals surface area contributed by atoms with Crippen LogP contribution in [0.2, 0.25) is 0 Å². The highest BCUT2D eigenvalue weighted by Gasteiger charge is 2.12. The number of amides is 1. The summed E-state index contributed by atoms with van der Waals surface area (Å²) in [5.41, 5.74) is 2.83. The Balaban J connectivity index is 1.99. The molecular formula is C20H22N2O4S. The number of nitrogens with zero attached hydrogens (tertiary/aromatic N) is 2. The molecule has 0 saturated carbocycles. The van der Waals surface area contributed by atoms with Gasteiger partial charge in [0.1, 0.15) is 5.75 Å². The second-order valence-corrected chi connectivity index (χ2v) is 7.13. The monoisotopic (exact) mass is 386 g/mol. The van der Waals surface area contributed by atoms with E-state index in [2.05, 4.69) is 4.99 Å². The van der Waals surface area contributed by atoms with E-state index in [1.54, 1.807) is 21.3 Å². The zero-order valence-electron chi connectivity index (χ0n) is 16.0. The van der Waals surface area contributed by atoms with E-state index < -0.39 is 0 Å². The number of thiazole rings is 1. The Morgan fingerprint density at radius 1 is 1.04 bits per heavy atom. The Labute approximate surface area is 161 Å². The summed E-state index contributed by atoms with van der Waals surface area (Å²) >= 11 is 1.43. The second-order valence-electron chi connectivity index (χ2n) is 6.12. The molecule has 0 radical (unpaired) electrons. The lowest BCUT2D eigenvalue weighted by Gasteiger charge is -2.07. The molecule has 142 valence electrons. The molecule has 0 N–H and O–H groups in total. The van der Waals surface area contributed by atoms with E-state index in [4.69, 9.17) is 14.2 Å². The predicted molar refractivity (Wildman–Crippen MR) is 106 cm³/mol. The summed E-state index contributed by atoms with van der Waals surface area (Å²) in [5.74, 6) is 1.76. The Bertz CT molecular complexity index is 1070. The summed E-state index contributed by atoms with van der Waals surface area (Å²) in [7, 11) is 6.67. The van der Waals surface area contributed by atoms with Crippen LogP contribution in [0.5, 0.6) is 17.2 Å². The van der Waals surface area contributed by atoms with Gasteiger partial charge in [0, 0.05) is 24.7 Å². The minimum absolute atomic E-state index is 0.186. The quantitative estimate of drug-likeness (QED) is 0.675. The lowest BCUT2D eigenvalue weighted by atomic mass is 10.1. The number of carbonyl (C=O) groups is 1. The molecule has 2 aromatic carbocycles. The smallest absolute Gasteiger partial charge is 0.252 e. The first kappa shape index (κ1) is 19.0. The molecule has 3 rings (SSSR count). The van der Waals surface area contributed by atoms with Crippen molar-refractivity contribution in [1.82, 2.24) is 4.57 Å². The number of hydrogen-bond donors (Lipinski definition) is 0. The Hall–Kier alpha value is -2.80. The highest BCUT2D eigenvalue weighted by molar-refractivity contribution is 7.16. The van der Waals surface area contributed by atoms with Crippen molar-refractivity contribution < 1.29 is 19.0 Å². The van der Waals surface area contributed by atoms with Gasteiger partial charge in [-0.05, 0) is 13.0 Å². The first-order valence-electron chi connectivity index (χ1n) is 8.39. The standard InChI is InChI=1S/C20H22N2O4S/c1-12-6-7-15(24-3)13(8-12)9-19(23)21-20-22(2)14-10-16(25-4)17(26-5)11-18(14)27-20/h6-8,10-11H,9H2,1-5H3. The Kier molecular flexibility index (Phi) is 5.51. The maximum Gasteiger partial charge on any atom is 0.252 e. The van der Waals surface area contributed by atoms with Crippen LogP contribution in [-0.2, 0) is 18.3 Å². The fourth-order valence-corrected chi connectivity index (χ4v) is 3.96. The van der Waals surface area contributed by atoms with Crippen LogP contribution in [0.25, 0.3) is 10.2 Å². The molecule has 3 aromatic rings. The number of aromatic nitrogens is 1. The Morgan fingerprint density at radius 2 is 1.70 bits per heavy atom. The van der Waals surface area contributed by atoms with Gasteiger partial charge in [0.05, 0.1) is 38.0 Å². The zero-order valence-corrected chi connectivity index (χ0v) is 16.8. The number of hydrogen-bond acceptors (Lipinski definition) is 5. The van der Waals surface area contributed by atoms with Crippen LogP contribution in [0, 0.1) is 6.92 Å². The molecule has 6 nitrogen and oxygen atoms in total. The van der Waals surface area contributed by atoms with Crippen LogP contribution in [0.4, 0.5) is 0 Å². The highest BCUT2D eigenvalue weighted by Crippen LogP contribution is 2.33. The van der Waals surface area contributed by atoms with Crippen LogP contribution in [0.1, 0.15) is 11.1 Å². The lowest BCUT2D eigenvalue weighted by molar-refractivity contribution is -0.117. The van der Waals surface area contributed by atoms with E-state index in [0.717, 1.165) is 21.3 Å². The van der Waals surface area contributed by atoms with Crippen LogP contribution in [0.15, 0.2) is 35.3 Å². The van der Waals surface area contributed by atoms with Gasteiger partial charge in [0.15, 0.2) is 16.3 Å². The maximum atomic E-state index is 12.6. The van der Waals surface area contributed by atoms with Crippen molar-refractivity contribution in [2.24, 2.45) is 12.0 Å². The van der Waals surface area contributed by atoms with E-state index in [1.807, 2.05) is 48.9 Å². The number of ether oxygens (including phenoxy) is 3. The van der Waals surface area contributed by atoms with Crippen LogP contribution < -0.4 is 19.0 Å². The van der Waals surface area contributed by atoms with Crippen molar-refractivity contribution >= 4 is 27.5 Å². The molecule has 0 spiro atoms. The van der Waals surface area contributed by atoms with E-state index >= 15 is 0 Å². The molecule has 1 aromatic heterocycles. The number of benzene rings is 2. The lowest BCUT2D eigenvalue weighted by Crippen LogP contribution is -2.14. The zero-order chi connectivity index (χ0) is 19.6. The molecule has 0 aliphatic heterocycles. The molecule has 0 aliphatic carbocycles. The summed E-state index contributed by atoms with van der Waals surface area (Å²) in [6.07, 6.45) is 0.186. The molecule has 1 heterocycles. The molecule has 0 aliphatic rings. The molecule has 0 saturated heterocycles. The van der Waals surface area contributed by atoms with Crippen molar-refractivity contribution in [2.75, 3.05) is 21.3 Å². The van der Waals surface area contributed by atoms with Gasteiger partial charge >= 0.3 is 0 Å². The van der Waals surface area contributed by atoms with Gasteiger partial charge in [-0.3, -0.25) is 4.79 Å². The van der Waals surface area contributed by atoms with Gasteiger partial charge in [-0.15, -0.1) is 0 Å². The van der Waals surface area contributed by atoms with Gasteiger partial charge in [-0.1, -0.05) is 29.0 Å². The van der Waals surface area contributed by atoms with Crippen molar-refractivity contribution in [3.8, 4) is 17.2 Å². The summed E-state index contributed by atoms with van der Waals surface area (Å²) in [6.45, 7) is 1.98. The fourth-order valence-electron chi connectivity index (χ4n) is 2.92. The van der Waals surface area contributed by atoms with E-state index in [-0.39, 0.29) is 12.3 Å². The third-order valence-corrected chi connectivity index (χ3v) is 5.41. The minimum Gasteiger partial charge on any atom is -0.496 e. The molecule has 27 heavy (non-hydrogen) atoms. The number of aryl methyl sites for hydroxylation is 2. The third kappa shape index (κ3) is 3.83. The van der Waals surface area contributed by atoms with Gasteiger partial charge in [0.2, 0.25) is 0 Å². The highest BCUT2D eigenvalue weighted by atomic mass is 32.1.